The summed E-state index contributed by atoms with van der Waals surface area (Å²) in [5.41, 5.74) is 0. The van der Waals surface area contributed by atoms with Crippen LogP contribution in [0.3, 0.4) is 0 Å². The average Bonchev–Trinajstić information content (AvgIpc) is 0. The first-order valence-corrected chi connectivity index (χ1v) is 0. The van der Waals surface area contributed by atoms with E-state index in [2.05, 4.69) is 0 Å². The highest BCUT2D eigenvalue weighted by molar-refractivity contribution is 0.690. The topological polar surface area (TPSA) is 114 Å². The molecule has 0 saturated carbocycles. The van der Waals surface area contributed by atoms with E-state index in [1.54, 1.807) is 0 Å². The van der Waals surface area contributed by atoms with Crippen LogP contribution in [0.15, 0.2) is 0 Å². The van der Waals surface area contributed by atoms with Crippen LogP contribution in [0.4, 0.5) is 0 Å². The van der Waals surface area contributed by atoms with E-state index in [-0.39, 0.29) is 21.9 Å². The molecule has 0 saturated heterocycles. The van der Waals surface area contributed by atoms with Gasteiger partial charge in [-0.1, -0.05) is 0 Å². The Labute approximate surface area is 23.3 Å². The summed E-state index contributed by atoms with van der Waals surface area (Å²) in [5.74, 6) is 0. The van der Waals surface area contributed by atoms with Gasteiger partial charge >= 0.3 is 0 Å². The number of hydrogen-bond acceptors (Lipinski definition) is 0. The van der Waals surface area contributed by atoms with Crippen molar-refractivity contribution in [3.63, 3.8) is 0 Å². The molecule has 0 heterocycles. The third kappa shape index (κ3) is 50.7. The molecule has 0 spiro atoms. The molecule has 0 N–H and O–H groups in total. The van der Waals surface area contributed by atoms with Crippen LogP contribution in [0.1, 0.15) is 0 Å². The lowest BCUT2D eigenvalue weighted by atomic mass is 16.0. The van der Waals surface area contributed by atoms with Crippen LogP contribution >= 0.6 is 0 Å². The molecule has 4 heavy (non-hydrogen) atoms. The monoisotopic (exact) mass is 64.0 g/mol. The maximum absolute atomic E-state index is 0. The second kappa shape index (κ2) is 376. The lowest BCUT2D eigenvalue weighted by Gasteiger charge is -0.00100. The minimum atomic E-state index is 0. The molecule has 24 valence electrons. The molecule has 0 aliphatic rings. The zero-order chi connectivity index (χ0) is 0. The summed E-state index contributed by atoms with van der Waals surface area (Å²) in [5, 5.41) is 0. The van der Waals surface area contributed by atoms with E-state index in [1.807, 2.05) is 0 Å². The molecule has 0 fully saturated rings. The zero-order valence-corrected chi connectivity index (χ0v) is 1.63. The largest absolute Gasteiger partial charge is 0 e. The van der Waals surface area contributed by atoms with E-state index >= 15 is 0 Å². The normalized spacial score (nSPS) is 0. The van der Waals surface area contributed by atoms with Crippen LogP contribution in [0.2, 0.25) is 0 Å². The third-order valence-corrected chi connectivity index (χ3v) is 0. The van der Waals surface area contributed by atoms with Gasteiger partial charge in [0.2, 0.25) is 0 Å². The van der Waals surface area contributed by atoms with Crippen molar-refractivity contribution in [2.45, 2.75) is 0 Å². The van der Waals surface area contributed by atoms with Crippen molar-refractivity contribution in [2.24, 2.45) is 0 Å². The van der Waals surface area contributed by atoms with Gasteiger partial charge in [-0.3, -0.25) is 0 Å². The quantitative estimate of drug-likeness (QED) is 0.362. The van der Waals surface area contributed by atoms with E-state index in [4.69, 9.17) is 0 Å². The van der Waals surface area contributed by atoms with E-state index in [1.165, 1.54) is 0 Å². The van der Waals surface area contributed by atoms with Crippen molar-refractivity contribution in [3.05, 3.63) is 0 Å². The molecule has 4 heteroatoms. The Morgan fingerprint density at radius 1 is 0.250 bits per heavy atom. The van der Waals surface area contributed by atoms with Gasteiger partial charge in [0.1, 0.15) is 0 Å². The Balaban J connectivity index is 0. The van der Waals surface area contributed by atoms with E-state index in [9.17, 15) is 0 Å². The second-order valence-corrected chi connectivity index (χ2v) is 0. The summed E-state index contributed by atoms with van der Waals surface area (Å²) in [7, 11) is 0. The summed E-state index contributed by atoms with van der Waals surface area (Å²) in [6.07, 6.45) is 0. The Bertz CT molecular complexity index is 0. The molecule has 0 aromatic carbocycles. The minimum absolute atomic E-state index is 0. The van der Waals surface area contributed by atoms with E-state index in [0.29, 0.717) is 0 Å². The highest BCUT2D eigenvalue weighted by atomic mass is 16.0. The van der Waals surface area contributed by atoms with Crippen LogP contribution < -0.4 is 0 Å². The lowest BCUT2D eigenvalue weighted by molar-refractivity contribution is 0.685. The van der Waals surface area contributed by atoms with Crippen LogP contribution in [0.5, 0.6) is 0 Å². The Morgan fingerprint density at radius 2 is 0.250 bits per heavy atom. The van der Waals surface area contributed by atoms with Crippen molar-refractivity contribution in [1.82, 2.24) is 0 Å². The summed E-state index contributed by atoms with van der Waals surface area (Å²) >= 11 is 0. The molecular formula is O4. The van der Waals surface area contributed by atoms with Gasteiger partial charge < -0.3 is 0 Å². The fourth-order valence-corrected chi connectivity index (χ4v) is 0. The molecule has 0 bridgehead atoms. The first kappa shape index (κ1) is 1210. The SMILES string of the molecule is [O].[O].[O].[O]. The van der Waals surface area contributed by atoms with Crippen molar-refractivity contribution >= 4 is 0 Å². The smallest absolute Gasteiger partial charge is 0 e. The Kier molecular flexibility index (Phi) is 114000. The first-order valence-electron chi connectivity index (χ1n) is 0. The highest BCUT2D eigenvalue weighted by Crippen LogP contribution is -0.116. The summed E-state index contributed by atoms with van der Waals surface area (Å²) < 4.78 is 0. The summed E-state index contributed by atoms with van der Waals surface area (Å²) in [4.78, 5) is 0. The molecule has 0 aliphatic carbocycles. The lowest BCUT2D eigenvalue weighted by Crippen LogP contribution is -0.120. The van der Waals surface area contributed by atoms with Gasteiger partial charge in [0.25, 0.3) is 0 Å². The Hall–Kier alpha value is -0.160. The Morgan fingerprint density at radius 3 is 0.250 bits per heavy atom. The fraction of sp³-hybridized carbons (Fsp3) is 0. The van der Waals surface area contributed by atoms with Crippen LogP contribution in [0, 0.1) is 0 Å². The maximum atomic E-state index is 0. The van der Waals surface area contributed by atoms with Gasteiger partial charge in [-0.05, 0) is 0 Å². The minimum Gasteiger partial charge on any atom is 0 e. The number of rotatable bonds is 0. The average molecular weight is 64.0 g/mol. The molecule has 0 rings (SSSR count). The first-order chi connectivity index (χ1) is 0. The third-order valence-electron chi connectivity index (χ3n) is 0. The molecule has 0 atom stereocenters. The molecule has 0 aromatic heterocycles. The van der Waals surface area contributed by atoms with Gasteiger partial charge in [-0.15, -0.1) is 0 Å². The van der Waals surface area contributed by atoms with Gasteiger partial charge in [0.05, 0.1) is 0 Å². The van der Waals surface area contributed by atoms with Crippen LogP contribution in [-0.4, -0.2) is 0 Å². The van der Waals surface area contributed by atoms with E-state index in [0.717, 1.165) is 0 Å². The predicted octanol–water partition coefficient (Wildman–Crippen LogP) is -0.475. The van der Waals surface area contributed by atoms with Crippen molar-refractivity contribution in [1.29, 1.82) is 0 Å². The summed E-state index contributed by atoms with van der Waals surface area (Å²) in [6.45, 7) is 0. The van der Waals surface area contributed by atoms with Gasteiger partial charge in [-0.25, -0.2) is 0 Å². The molecule has 8 radical (unpaired) electrons. The van der Waals surface area contributed by atoms with Crippen LogP contribution in [-0.2, 0) is 21.9 Å². The van der Waals surface area contributed by atoms with Gasteiger partial charge in [0, 0.05) is 21.9 Å². The van der Waals surface area contributed by atoms with Gasteiger partial charge in [0.15, 0.2) is 0 Å². The van der Waals surface area contributed by atoms with Gasteiger partial charge in [-0.2, -0.15) is 0 Å². The fourth-order valence-electron chi connectivity index (χ4n) is 0. The summed E-state index contributed by atoms with van der Waals surface area (Å²) in [6, 6.07) is 0. The predicted molar refractivity (Wildman–Crippen MR) is 2.75 cm³/mol. The van der Waals surface area contributed by atoms with Crippen molar-refractivity contribution in [2.75, 3.05) is 0 Å². The molecule has 0 unspecified atom stereocenters. The molecule has 0 aromatic rings. The number of hydrogen-bond donors (Lipinski definition) is 0. The second-order valence-electron chi connectivity index (χ2n) is 0. The van der Waals surface area contributed by atoms with Crippen molar-refractivity contribution < 1.29 is 21.9 Å². The standard InChI is InChI=1S/4O. The molecular weight excluding hydrogens is 64.0 g/mol. The highest BCUT2D eigenvalue weighted by Gasteiger charge is 0.00300. The molecule has 4 nitrogen and oxygen atoms in total. The van der Waals surface area contributed by atoms with E-state index < -0.39 is 0 Å². The van der Waals surface area contributed by atoms with Crippen LogP contribution in [0.25, 0.3) is 0 Å². The zero-order valence-electron chi connectivity index (χ0n) is 1.63. The molecule has 0 aliphatic heterocycles. The maximum Gasteiger partial charge on any atom is 0 e. The van der Waals surface area contributed by atoms with Crippen molar-refractivity contribution in [3.8, 4) is 0 Å². The molecule has 0 amide bonds.